The summed E-state index contributed by atoms with van der Waals surface area (Å²) in [5.74, 6) is 0.379. The molecule has 9 heteroatoms. The zero-order valence-corrected chi connectivity index (χ0v) is 19.0. The lowest BCUT2D eigenvalue weighted by molar-refractivity contribution is -0.125. The van der Waals surface area contributed by atoms with Gasteiger partial charge < -0.3 is 19.9 Å². The number of halogens is 1. The topological polar surface area (TPSA) is 104 Å². The molecule has 35 heavy (non-hydrogen) atoms. The van der Waals surface area contributed by atoms with Crippen molar-refractivity contribution in [3.8, 4) is 23.0 Å². The fraction of sp³-hybridized carbons (Fsp3) is 0.115. The normalized spacial score (nSPS) is 10.6. The Kier molecular flexibility index (Phi) is 6.77. The maximum absolute atomic E-state index is 13.4. The Morgan fingerprint density at radius 1 is 0.886 bits per heavy atom. The number of nitrogens with zero attached hydrogens (tertiary/aromatic N) is 2. The van der Waals surface area contributed by atoms with Crippen molar-refractivity contribution in [2.24, 2.45) is 5.73 Å². The molecule has 3 aromatic carbocycles. The molecular formula is C26H22FN3O5. The zero-order chi connectivity index (χ0) is 24.9. The molecule has 178 valence electrons. The highest BCUT2D eigenvalue weighted by Crippen LogP contribution is 2.37. The number of fused-ring (bicyclic) bond motifs is 1. The number of benzene rings is 3. The molecule has 1 aromatic heterocycles. The van der Waals surface area contributed by atoms with E-state index in [9.17, 15) is 14.0 Å². The van der Waals surface area contributed by atoms with Crippen molar-refractivity contribution in [3.05, 3.63) is 78.7 Å². The van der Waals surface area contributed by atoms with E-state index in [0.717, 1.165) is 5.39 Å². The molecule has 0 bridgehead atoms. The van der Waals surface area contributed by atoms with Gasteiger partial charge in [0.25, 0.3) is 0 Å². The molecule has 2 N–H and O–H groups in total. The summed E-state index contributed by atoms with van der Waals surface area (Å²) in [6.07, 6.45) is 1.13. The molecule has 0 aliphatic rings. The van der Waals surface area contributed by atoms with Crippen molar-refractivity contribution >= 4 is 34.1 Å². The third-order valence-corrected chi connectivity index (χ3v) is 5.19. The maximum atomic E-state index is 13.4. The summed E-state index contributed by atoms with van der Waals surface area (Å²) in [6.45, 7) is 0. The molecule has 0 unspecified atom stereocenters. The van der Waals surface area contributed by atoms with Crippen LogP contribution in [0.1, 0.15) is 6.42 Å². The molecule has 1 heterocycles. The van der Waals surface area contributed by atoms with Crippen molar-refractivity contribution in [1.29, 1.82) is 0 Å². The third kappa shape index (κ3) is 5.14. The molecule has 0 aliphatic carbocycles. The smallest absolute Gasteiger partial charge is 0.240 e. The molecule has 0 saturated carbocycles. The number of methoxy groups -OCH3 is 2. The third-order valence-electron chi connectivity index (χ3n) is 5.19. The van der Waals surface area contributed by atoms with Crippen molar-refractivity contribution in [2.75, 3.05) is 19.1 Å². The maximum Gasteiger partial charge on any atom is 0.240 e. The molecule has 0 radical (unpaired) electrons. The number of pyridine rings is 1. The summed E-state index contributed by atoms with van der Waals surface area (Å²) in [5, 5.41) is 0.721. The van der Waals surface area contributed by atoms with Gasteiger partial charge in [-0.05, 0) is 60.7 Å². The molecule has 2 amide bonds. The van der Waals surface area contributed by atoms with Gasteiger partial charge in [-0.1, -0.05) is 0 Å². The van der Waals surface area contributed by atoms with Crippen LogP contribution in [0.2, 0.25) is 0 Å². The van der Waals surface area contributed by atoms with E-state index in [1.165, 1.54) is 29.2 Å². The van der Waals surface area contributed by atoms with Crippen LogP contribution in [0.3, 0.4) is 0 Å². The summed E-state index contributed by atoms with van der Waals surface area (Å²) >= 11 is 0. The SMILES string of the molecule is COc1cc2nccc(Oc3ccc(N(C(=O)CC(N)=O)c4ccc(F)cc4)cc3)c2cc1OC. The first-order valence-corrected chi connectivity index (χ1v) is 10.5. The van der Waals surface area contributed by atoms with Gasteiger partial charge in [-0.3, -0.25) is 19.5 Å². The van der Waals surface area contributed by atoms with Crippen LogP contribution in [0.25, 0.3) is 10.9 Å². The second-order valence-corrected chi connectivity index (χ2v) is 7.48. The average Bonchev–Trinajstić information content (AvgIpc) is 2.85. The molecule has 4 rings (SSSR count). The summed E-state index contributed by atoms with van der Waals surface area (Å²) in [5.41, 5.74) is 6.74. The Hall–Kier alpha value is -4.66. The van der Waals surface area contributed by atoms with Crippen LogP contribution in [0.5, 0.6) is 23.0 Å². The van der Waals surface area contributed by atoms with E-state index in [2.05, 4.69) is 4.98 Å². The zero-order valence-electron chi connectivity index (χ0n) is 19.0. The van der Waals surface area contributed by atoms with Crippen molar-refractivity contribution < 1.29 is 28.2 Å². The lowest BCUT2D eigenvalue weighted by Crippen LogP contribution is -2.30. The number of carbonyl (C=O) groups is 2. The Labute approximate surface area is 200 Å². The minimum absolute atomic E-state index is 0.396. The lowest BCUT2D eigenvalue weighted by Gasteiger charge is -2.23. The molecule has 0 atom stereocenters. The van der Waals surface area contributed by atoms with Crippen molar-refractivity contribution in [2.45, 2.75) is 6.42 Å². The Bertz CT molecular complexity index is 1370. The number of anilines is 2. The first kappa shape index (κ1) is 23.5. The highest BCUT2D eigenvalue weighted by Gasteiger charge is 2.20. The largest absolute Gasteiger partial charge is 0.493 e. The second-order valence-electron chi connectivity index (χ2n) is 7.48. The fourth-order valence-corrected chi connectivity index (χ4v) is 3.58. The highest BCUT2D eigenvalue weighted by molar-refractivity contribution is 6.08. The summed E-state index contributed by atoms with van der Waals surface area (Å²) in [4.78, 5) is 29.8. The van der Waals surface area contributed by atoms with Crippen molar-refractivity contribution in [1.82, 2.24) is 4.98 Å². The number of amides is 2. The van der Waals surface area contributed by atoms with Crippen LogP contribution >= 0.6 is 0 Å². The van der Waals surface area contributed by atoms with E-state index in [-0.39, 0.29) is 0 Å². The lowest BCUT2D eigenvalue weighted by atomic mass is 10.1. The van der Waals surface area contributed by atoms with Crippen molar-refractivity contribution in [3.63, 3.8) is 0 Å². The van der Waals surface area contributed by atoms with E-state index in [1.807, 2.05) is 0 Å². The monoisotopic (exact) mass is 475 g/mol. The first-order valence-electron chi connectivity index (χ1n) is 10.5. The predicted octanol–water partition coefficient (Wildman–Crippen LogP) is 4.72. The minimum Gasteiger partial charge on any atom is -0.493 e. The van der Waals surface area contributed by atoms with Crippen LogP contribution in [-0.2, 0) is 9.59 Å². The van der Waals surface area contributed by atoms with E-state index < -0.39 is 24.1 Å². The number of hydrogen-bond donors (Lipinski definition) is 1. The van der Waals surface area contributed by atoms with E-state index in [1.54, 1.807) is 62.9 Å². The predicted molar refractivity (Wildman–Crippen MR) is 129 cm³/mol. The van der Waals surface area contributed by atoms with Crippen LogP contribution < -0.4 is 24.8 Å². The summed E-state index contributed by atoms with van der Waals surface area (Å²) in [7, 11) is 3.10. The van der Waals surface area contributed by atoms with Crippen LogP contribution in [-0.4, -0.2) is 31.0 Å². The number of primary amides is 1. The van der Waals surface area contributed by atoms with Crippen LogP contribution in [0, 0.1) is 5.82 Å². The van der Waals surface area contributed by atoms with Gasteiger partial charge >= 0.3 is 0 Å². The van der Waals surface area contributed by atoms with Gasteiger partial charge in [0.2, 0.25) is 11.8 Å². The molecule has 0 fully saturated rings. The highest BCUT2D eigenvalue weighted by atomic mass is 19.1. The summed E-state index contributed by atoms with van der Waals surface area (Å²) in [6, 6.07) is 17.3. The van der Waals surface area contributed by atoms with E-state index in [4.69, 9.17) is 19.9 Å². The Balaban J connectivity index is 1.66. The van der Waals surface area contributed by atoms with Gasteiger partial charge in [-0.15, -0.1) is 0 Å². The number of hydrogen-bond acceptors (Lipinski definition) is 6. The van der Waals surface area contributed by atoms with Crippen LogP contribution in [0.4, 0.5) is 15.8 Å². The number of nitrogens with two attached hydrogens (primary N) is 1. The molecule has 8 nitrogen and oxygen atoms in total. The minimum atomic E-state index is -0.765. The van der Waals surface area contributed by atoms with Crippen LogP contribution in [0.15, 0.2) is 72.9 Å². The molecule has 0 spiro atoms. The summed E-state index contributed by atoms with van der Waals surface area (Å²) < 4.78 is 30.2. The molecule has 4 aromatic rings. The number of ether oxygens (including phenoxy) is 3. The average molecular weight is 475 g/mol. The van der Waals surface area contributed by atoms with Gasteiger partial charge in [0.1, 0.15) is 23.7 Å². The number of rotatable bonds is 8. The van der Waals surface area contributed by atoms with E-state index in [0.29, 0.717) is 39.9 Å². The molecule has 0 aliphatic heterocycles. The Morgan fingerprint density at radius 2 is 1.49 bits per heavy atom. The van der Waals surface area contributed by atoms with Gasteiger partial charge in [0, 0.05) is 29.0 Å². The van der Waals surface area contributed by atoms with Gasteiger partial charge in [-0.2, -0.15) is 0 Å². The Morgan fingerprint density at radius 3 is 2.09 bits per heavy atom. The van der Waals surface area contributed by atoms with E-state index >= 15 is 0 Å². The molecular weight excluding hydrogens is 453 g/mol. The quantitative estimate of drug-likeness (QED) is 0.370. The second kappa shape index (κ2) is 10.1. The number of carbonyl (C=O) groups excluding carboxylic acids is 2. The van der Waals surface area contributed by atoms with Gasteiger partial charge in [0.05, 0.1) is 19.7 Å². The number of aromatic nitrogens is 1. The standard InChI is InChI=1S/C26H22FN3O5/c1-33-23-13-20-21(14-24(23)34-2)29-12-11-22(20)35-19-9-7-18(8-10-19)30(26(32)15-25(28)31)17-5-3-16(27)4-6-17/h3-14H,15H2,1-2H3,(H2,28,31). The fourth-order valence-electron chi connectivity index (χ4n) is 3.58. The first-order chi connectivity index (χ1) is 16.9. The molecule has 0 saturated heterocycles. The van der Waals surface area contributed by atoms with Gasteiger partial charge in [-0.25, -0.2) is 4.39 Å². The van der Waals surface area contributed by atoms with Gasteiger partial charge in [0.15, 0.2) is 11.5 Å².